The molecule has 2 saturated heterocycles. The zero-order chi connectivity index (χ0) is 38.4. The Balaban J connectivity index is 1.12. The van der Waals surface area contributed by atoms with Crippen LogP contribution >= 0.6 is 0 Å². The maximum absolute atomic E-state index is 13.5. The van der Waals surface area contributed by atoms with Crippen LogP contribution in [0.2, 0.25) is 0 Å². The van der Waals surface area contributed by atoms with Crippen LogP contribution in [0.15, 0.2) is 69.5 Å². The first-order valence-electron chi connectivity index (χ1n) is 18.3. The summed E-state index contributed by atoms with van der Waals surface area (Å²) in [5.74, 6) is -0.0622. The van der Waals surface area contributed by atoms with Crippen molar-refractivity contribution in [2.24, 2.45) is 5.92 Å². The number of carbonyl (C=O) groups is 1. The Morgan fingerprint density at radius 3 is 2.29 bits per heavy atom. The minimum absolute atomic E-state index is 0.0840. The van der Waals surface area contributed by atoms with Crippen molar-refractivity contribution >= 4 is 28.2 Å². The summed E-state index contributed by atoms with van der Waals surface area (Å²) in [5.41, 5.74) is 8.64. The van der Waals surface area contributed by atoms with E-state index in [4.69, 9.17) is 23.5 Å². The maximum Gasteiger partial charge on any atom is 0.387 e. The second kappa shape index (κ2) is 14.9. The van der Waals surface area contributed by atoms with Crippen LogP contribution in [0.1, 0.15) is 47.1 Å². The van der Waals surface area contributed by atoms with E-state index in [0.717, 1.165) is 52.9 Å². The number of nitrogens with zero attached hydrogens (tertiary/aromatic N) is 5. The molecule has 0 bridgehead atoms. The molecular weight excluding hydrogens is 708 g/mol. The molecule has 55 heavy (non-hydrogen) atoms. The zero-order valence-electron chi connectivity index (χ0n) is 30.4. The number of carboxylic acid groups (broad SMARTS) is 1. The molecule has 2 fully saturated rings. The van der Waals surface area contributed by atoms with E-state index in [-0.39, 0.29) is 30.4 Å². The van der Waals surface area contributed by atoms with Gasteiger partial charge in [-0.25, -0.2) is 9.97 Å². The third kappa shape index (κ3) is 7.04. The van der Waals surface area contributed by atoms with E-state index >= 15 is 0 Å². The van der Waals surface area contributed by atoms with Gasteiger partial charge in [-0.3, -0.25) is 14.6 Å². The number of likely N-dealkylation sites (tertiary alicyclic amines) is 2. The van der Waals surface area contributed by atoms with E-state index in [9.17, 15) is 29.1 Å². The predicted octanol–water partition coefficient (Wildman–Crippen LogP) is 7.92. The van der Waals surface area contributed by atoms with Gasteiger partial charge in [0.25, 0.3) is 0 Å². The second-order valence-electron chi connectivity index (χ2n) is 14.4. The topological polar surface area (TPSA) is 149 Å². The second-order valence-corrected chi connectivity index (χ2v) is 14.4. The average molecular weight is 748 g/mol. The molecule has 2 atom stereocenters. The van der Waals surface area contributed by atoms with E-state index in [0.29, 0.717) is 71.0 Å². The summed E-state index contributed by atoms with van der Waals surface area (Å²) in [4.78, 5) is 25.4. The molecule has 2 aromatic heterocycles. The van der Waals surface area contributed by atoms with E-state index < -0.39 is 18.6 Å². The molecule has 0 aliphatic carbocycles. The average Bonchev–Trinajstić information content (AvgIpc) is 3.98. The summed E-state index contributed by atoms with van der Waals surface area (Å²) in [6.45, 7) is 4.06. The van der Waals surface area contributed by atoms with Crippen molar-refractivity contribution in [3.8, 4) is 45.9 Å². The number of alkyl halides is 2. The summed E-state index contributed by atoms with van der Waals surface area (Å²) < 4.78 is 44.3. The van der Waals surface area contributed by atoms with E-state index in [1.807, 2.05) is 62.4 Å². The van der Waals surface area contributed by atoms with Crippen LogP contribution in [0.3, 0.4) is 0 Å². The van der Waals surface area contributed by atoms with Crippen molar-refractivity contribution < 1.29 is 37.4 Å². The van der Waals surface area contributed by atoms with Crippen LogP contribution in [0.25, 0.3) is 56.2 Å². The Hall–Kier alpha value is -5.68. The number of nitriles is 1. The van der Waals surface area contributed by atoms with Gasteiger partial charge in [0.05, 0.1) is 5.56 Å². The normalized spacial score (nSPS) is 17.8. The summed E-state index contributed by atoms with van der Waals surface area (Å²) in [6.07, 6.45) is 2.13. The largest absolute Gasteiger partial charge is 0.480 e. The van der Waals surface area contributed by atoms with Crippen LogP contribution < -0.4 is 4.74 Å². The fraction of sp³-hybridized carbons (Fsp3) is 0.333. The Morgan fingerprint density at radius 1 is 0.945 bits per heavy atom. The van der Waals surface area contributed by atoms with Crippen LogP contribution in [-0.4, -0.2) is 74.8 Å². The van der Waals surface area contributed by atoms with Gasteiger partial charge < -0.3 is 23.8 Å². The number of aromatic nitrogens is 2. The Labute approximate surface area is 315 Å². The number of ether oxygens (including phenoxy) is 1. The highest BCUT2D eigenvalue weighted by molar-refractivity contribution is 5.86. The summed E-state index contributed by atoms with van der Waals surface area (Å²) >= 11 is 0. The molecule has 2 aliphatic rings. The SMILES string of the molecule is Cc1c(-c2nc3cc(CN4CCC[C@H]4C(=O)O)c(OC(F)F)cc3o2)cccc1-c1cccc(-c2nc3cc(CN4CC[C@@H](CO)C4)cc(C#N)c3o2)c1C. The number of benzene rings is 4. The molecule has 0 radical (unpaired) electrons. The van der Waals surface area contributed by atoms with E-state index in [1.54, 1.807) is 11.0 Å². The van der Waals surface area contributed by atoms with Crippen LogP contribution in [0, 0.1) is 31.1 Å². The summed E-state index contributed by atoms with van der Waals surface area (Å²) in [6, 6.07) is 20.1. The smallest absolute Gasteiger partial charge is 0.387 e. The van der Waals surface area contributed by atoms with Crippen molar-refractivity contribution in [2.45, 2.75) is 58.9 Å². The van der Waals surface area contributed by atoms with Gasteiger partial charge in [0.1, 0.15) is 28.9 Å². The number of fused-ring (bicyclic) bond motifs is 2. The standard InChI is InChI=1S/C42H39F2N5O6/c1-23-29(6-3-8-31(23)39-46-33-16-28(21-49-12-5-10-35(49)41(51)52)36(54-42(43)44)17-37(33)53-39)30-7-4-9-32(24(30)2)40-47-34-15-26(14-27(18-45)38(34)55-40)20-48-13-11-25(19-48)22-50/h3-4,6-9,14-17,25,35,42,50H,5,10-13,19-22H2,1-2H3,(H,51,52)/t25-,35+/m1/s1. The molecule has 0 unspecified atom stereocenters. The number of aliphatic hydroxyl groups is 1. The molecule has 13 heteroatoms. The van der Waals surface area contributed by atoms with Crippen molar-refractivity contribution in [3.63, 3.8) is 0 Å². The molecule has 282 valence electrons. The molecule has 6 aromatic rings. The molecule has 4 aromatic carbocycles. The van der Waals surface area contributed by atoms with Crippen LogP contribution in [0.5, 0.6) is 5.75 Å². The molecule has 11 nitrogen and oxygen atoms in total. The van der Waals surface area contributed by atoms with Gasteiger partial charge in [-0.1, -0.05) is 24.3 Å². The monoisotopic (exact) mass is 747 g/mol. The highest BCUT2D eigenvalue weighted by atomic mass is 19.3. The minimum atomic E-state index is -3.08. The third-order valence-electron chi connectivity index (χ3n) is 10.9. The molecule has 0 saturated carbocycles. The van der Waals surface area contributed by atoms with Crippen molar-refractivity contribution in [3.05, 3.63) is 88.5 Å². The lowest BCUT2D eigenvalue weighted by Gasteiger charge is -2.22. The number of aliphatic carboxylic acids is 1. The van der Waals surface area contributed by atoms with Crippen LogP contribution in [-0.2, 0) is 17.9 Å². The quantitative estimate of drug-likeness (QED) is 0.133. The summed E-state index contributed by atoms with van der Waals surface area (Å²) in [7, 11) is 0. The summed E-state index contributed by atoms with van der Waals surface area (Å²) in [5, 5.41) is 29.2. The zero-order valence-corrected chi connectivity index (χ0v) is 30.4. The fourth-order valence-corrected chi connectivity index (χ4v) is 8.12. The van der Waals surface area contributed by atoms with E-state index in [2.05, 4.69) is 11.0 Å². The number of halogens is 2. The number of carboxylic acids is 1. The van der Waals surface area contributed by atoms with Gasteiger partial charge >= 0.3 is 12.6 Å². The number of rotatable bonds is 11. The third-order valence-corrected chi connectivity index (χ3v) is 10.9. The van der Waals surface area contributed by atoms with Gasteiger partial charge in [0.2, 0.25) is 11.8 Å². The van der Waals surface area contributed by atoms with Gasteiger partial charge in [0.15, 0.2) is 11.2 Å². The number of hydrogen-bond donors (Lipinski definition) is 2. The highest BCUT2D eigenvalue weighted by Gasteiger charge is 2.32. The van der Waals surface area contributed by atoms with Crippen molar-refractivity contribution in [1.82, 2.24) is 19.8 Å². The molecule has 0 spiro atoms. The molecule has 8 rings (SSSR count). The lowest BCUT2D eigenvalue weighted by molar-refractivity contribution is -0.142. The first-order chi connectivity index (χ1) is 26.6. The predicted molar refractivity (Wildman–Crippen MR) is 200 cm³/mol. The Bertz CT molecular complexity index is 2470. The minimum Gasteiger partial charge on any atom is -0.480 e. The first kappa shape index (κ1) is 36.3. The Morgan fingerprint density at radius 2 is 1.64 bits per heavy atom. The fourth-order valence-electron chi connectivity index (χ4n) is 8.12. The maximum atomic E-state index is 13.5. The van der Waals surface area contributed by atoms with Gasteiger partial charge in [-0.2, -0.15) is 14.0 Å². The lowest BCUT2D eigenvalue weighted by atomic mass is 9.91. The first-order valence-corrected chi connectivity index (χ1v) is 18.3. The van der Waals surface area contributed by atoms with E-state index in [1.165, 1.54) is 6.07 Å². The Kier molecular flexibility index (Phi) is 9.81. The molecule has 2 aliphatic heterocycles. The number of hydrogen-bond acceptors (Lipinski definition) is 10. The van der Waals surface area contributed by atoms with Crippen molar-refractivity contribution in [2.75, 3.05) is 26.2 Å². The molecule has 0 amide bonds. The number of aliphatic hydroxyl groups excluding tert-OH is 1. The molecule has 2 N–H and O–H groups in total. The van der Waals surface area contributed by atoms with Crippen LogP contribution in [0.4, 0.5) is 8.78 Å². The molecule has 4 heterocycles. The molecular formula is C42H39F2N5O6. The van der Waals surface area contributed by atoms with Crippen molar-refractivity contribution in [1.29, 1.82) is 5.26 Å². The lowest BCUT2D eigenvalue weighted by Crippen LogP contribution is -2.35. The highest BCUT2D eigenvalue weighted by Crippen LogP contribution is 2.39. The van der Waals surface area contributed by atoms with Gasteiger partial charge in [-0.15, -0.1) is 0 Å². The van der Waals surface area contributed by atoms with Gasteiger partial charge in [0, 0.05) is 49.0 Å². The number of oxazole rings is 2. The van der Waals surface area contributed by atoms with Gasteiger partial charge in [-0.05, 0) is 110 Å².